The molecule has 12 heavy (non-hydrogen) atoms. The quantitative estimate of drug-likeness (QED) is 0.674. The summed E-state index contributed by atoms with van der Waals surface area (Å²) in [6.07, 6.45) is 1.88. The lowest BCUT2D eigenvalue weighted by molar-refractivity contribution is 0.522. The van der Waals surface area contributed by atoms with Crippen LogP contribution in [0.5, 0.6) is 0 Å². The first-order valence-electron chi connectivity index (χ1n) is 4.15. The molecule has 0 radical (unpaired) electrons. The summed E-state index contributed by atoms with van der Waals surface area (Å²) in [5, 5.41) is 11.7. The minimum absolute atomic E-state index is 0.541. The van der Waals surface area contributed by atoms with E-state index in [9.17, 15) is 0 Å². The number of hydrogen-bond donors (Lipinski definition) is 1. The third-order valence-corrected chi connectivity index (χ3v) is 1.74. The predicted octanol–water partition coefficient (Wildman–Crippen LogP) is -0.262. The van der Waals surface area contributed by atoms with E-state index in [4.69, 9.17) is 5.73 Å². The van der Waals surface area contributed by atoms with Gasteiger partial charge in [0.15, 0.2) is 5.82 Å². The second-order valence-electron chi connectivity index (χ2n) is 3.08. The number of hydrogen-bond acceptors (Lipinski definition) is 4. The second-order valence-corrected chi connectivity index (χ2v) is 3.08. The van der Waals surface area contributed by atoms with Crippen LogP contribution < -0.4 is 5.73 Å². The van der Waals surface area contributed by atoms with Gasteiger partial charge in [0.1, 0.15) is 0 Å². The molecule has 1 unspecified atom stereocenters. The van der Waals surface area contributed by atoms with E-state index >= 15 is 0 Å². The molecule has 0 fully saturated rings. The molecule has 1 atom stereocenters. The average Bonchev–Trinajstić information content (AvgIpc) is 2.36. The Balaban J connectivity index is 2.41. The molecule has 1 aromatic heterocycles. The maximum atomic E-state index is 5.43. The topological polar surface area (TPSA) is 69.6 Å². The highest BCUT2D eigenvalue weighted by atomic mass is 15.6. The summed E-state index contributed by atoms with van der Waals surface area (Å²) in [5.74, 6) is 1.35. The highest BCUT2D eigenvalue weighted by Crippen LogP contribution is 2.05. The van der Waals surface area contributed by atoms with E-state index in [1.165, 1.54) is 4.80 Å². The lowest BCUT2D eigenvalue weighted by atomic mass is 10.0. The molecule has 5 heteroatoms. The van der Waals surface area contributed by atoms with Crippen LogP contribution in [-0.2, 0) is 13.5 Å². The van der Waals surface area contributed by atoms with Gasteiger partial charge in [-0.15, -0.1) is 10.2 Å². The van der Waals surface area contributed by atoms with Crippen LogP contribution in [0, 0.1) is 5.92 Å². The van der Waals surface area contributed by atoms with Crippen LogP contribution in [0.4, 0.5) is 0 Å². The van der Waals surface area contributed by atoms with Gasteiger partial charge in [-0.25, -0.2) is 0 Å². The van der Waals surface area contributed by atoms with Gasteiger partial charge in [0.25, 0.3) is 0 Å². The molecule has 0 aliphatic rings. The number of rotatable bonds is 4. The molecule has 1 heterocycles. The summed E-state index contributed by atoms with van der Waals surface area (Å²) >= 11 is 0. The SMILES string of the molecule is CC(CCN)Cc1nnn(C)n1. The fourth-order valence-electron chi connectivity index (χ4n) is 1.10. The maximum Gasteiger partial charge on any atom is 0.175 e. The molecule has 0 spiro atoms. The Labute approximate surface area is 71.9 Å². The van der Waals surface area contributed by atoms with E-state index in [0.717, 1.165) is 25.2 Å². The van der Waals surface area contributed by atoms with Crippen molar-refractivity contribution in [1.29, 1.82) is 0 Å². The summed E-state index contributed by atoms with van der Waals surface area (Å²) < 4.78 is 0. The third kappa shape index (κ3) is 2.58. The molecule has 0 amide bonds. The van der Waals surface area contributed by atoms with Gasteiger partial charge in [-0.2, -0.15) is 4.80 Å². The Morgan fingerprint density at radius 1 is 1.58 bits per heavy atom. The third-order valence-electron chi connectivity index (χ3n) is 1.74. The van der Waals surface area contributed by atoms with Crippen LogP contribution in [0.2, 0.25) is 0 Å². The van der Waals surface area contributed by atoms with E-state index in [0.29, 0.717) is 5.92 Å². The molecule has 0 bridgehead atoms. The van der Waals surface area contributed by atoms with Gasteiger partial charge >= 0.3 is 0 Å². The fourth-order valence-corrected chi connectivity index (χ4v) is 1.10. The van der Waals surface area contributed by atoms with Gasteiger partial charge in [-0.05, 0) is 24.1 Å². The Morgan fingerprint density at radius 3 is 2.83 bits per heavy atom. The minimum Gasteiger partial charge on any atom is -0.330 e. The molecular weight excluding hydrogens is 154 g/mol. The smallest absolute Gasteiger partial charge is 0.175 e. The number of nitrogens with zero attached hydrogens (tertiary/aromatic N) is 4. The Morgan fingerprint density at radius 2 is 2.33 bits per heavy atom. The van der Waals surface area contributed by atoms with Crippen LogP contribution in [0.1, 0.15) is 19.2 Å². The van der Waals surface area contributed by atoms with Crippen molar-refractivity contribution in [3.05, 3.63) is 5.82 Å². The molecular formula is C7H15N5. The highest BCUT2D eigenvalue weighted by molar-refractivity contribution is 4.79. The zero-order valence-electron chi connectivity index (χ0n) is 7.56. The first-order chi connectivity index (χ1) is 5.72. The molecule has 68 valence electrons. The van der Waals surface area contributed by atoms with Crippen molar-refractivity contribution in [3.63, 3.8) is 0 Å². The van der Waals surface area contributed by atoms with Crippen molar-refractivity contribution < 1.29 is 0 Å². The van der Waals surface area contributed by atoms with Crippen molar-refractivity contribution in [2.24, 2.45) is 18.7 Å². The van der Waals surface area contributed by atoms with Gasteiger partial charge < -0.3 is 5.73 Å². The Bertz CT molecular complexity index is 231. The van der Waals surface area contributed by atoms with Gasteiger partial charge in [0.05, 0.1) is 7.05 Å². The zero-order chi connectivity index (χ0) is 8.97. The van der Waals surface area contributed by atoms with Crippen molar-refractivity contribution in [3.8, 4) is 0 Å². The van der Waals surface area contributed by atoms with E-state index in [2.05, 4.69) is 22.3 Å². The predicted molar refractivity (Wildman–Crippen MR) is 45.3 cm³/mol. The molecule has 1 aromatic rings. The van der Waals surface area contributed by atoms with Gasteiger partial charge in [0, 0.05) is 6.42 Å². The molecule has 0 saturated heterocycles. The summed E-state index contributed by atoms with van der Waals surface area (Å²) in [4.78, 5) is 1.48. The first-order valence-corrected chi connectivity index (χ1v) is 4.15. The van der Waals surface area contributed by atoms with E-state index in [1.54, 1.807) is 7.05 Å². The van der Waals surface area contributed by atoms with Crippen molar-refractivity contribution in [1.82, 2.24) is 20.2 Å². The van der Waals surface area contributed by atoms with Gasteiger partial charge in [-0.3, -0.25) is 0 Å². The molecule has 1 rings (SSSR count). The first kappa shape index (κ1) is 9.12. The van der Waals surface area contributed by atoms with Gasteiger partial charge in [0.2, 0.25) is 0 Å². The van der Waals surface area contributed by atoms with Crippen molar-refractivity contribution in [2.75, 3.05) is 6.54 Å². The van der Waals surface area contributed by atoms with Crippen LogP contribution in [0.3, 0.4) is 0 Å². The molecule has 0 aliphatic heterocycles. The maximum absolute atomic E-state index is 5.43. The standard InChI is InChI=1S/C7H15N5/c1-6(3-4-8)5-7-9-11-12(2)10-7/h6H,3-5,8H2,1-2H3. The molecule has 2 N–H and O–H groups in total. The van der Waals surface area contributed by atoms with Crippen LogP contribution in [-0.4, -0.2) is 26.8 Å². The number of aromatic nitrogens is 4. The Hall–Kier alpha value is -0.970. The molecule has 0 aliphatic carbocycles. The minimum atomic E-state index is 0.541. The Kier molecular flexibility index (Phi) is 3.16. The van der Waals surface area contributed by atoms with Crippen LogP contribution in [0.15, 0.2) is 0 Å². The summed E-state index contributed by atoms with van der Waals surface area (Å²) in [6.45, 7) is 2.87. The van der Waals surface area contributed by atoms with E-state index in [-0.39, 0.29) is 0 Å². The van der Waals surface area contributed by atoms with Crippen molar-refractivity contribution in [2.45, 2.75) is 19.8 Å². The summed E-state index contributed by atoms with van der Waals surface area (Å²) in [6, 6.07) is 0. The second kappa shape index (κ2) is 4.15. The van der Waals surface area contributed by atoms with Crippen molar-refractivity contribution >= 4 is 0 Å². The van der Waals surface area contributed by atoms with E-state index in [1.807, 2.05) is 0 Å². The monoisotopic (exact) mass is 169 g/mol. The van der Waals surface area contributed by atoms with Crippen LogP contribution in [0.25, 0.3) is 0 Å². The van der Waals surface area contributed by atoms with Crippen LogP contribution >= 0.6 is 0 Å². The number of aryl methyl sites for hydroxylation is 1. The summed E-state index contributed by atoms with van der Waals surface area (Å²) in [7, 11) is 1.77. The largest absolute Gasteiger partial charge is 0.330 e. The lowest BCUT2D eigenvalue weighted by Crippen LogP contribution is -2.09. The number of tetrazole rings is 1. The molecule has 0 saturated carbocycles. The normalized spacial score (nSPS) is 13.2. The highest BCUT2D eigenvalue weighted by Gasteiger charge is 2.06. The van der Waals surface area contributed by atoms with Gasteiger partial charge in [-0.1, -0.05) is 6.92 Å². The molecule has 0 aromatic carbocycles. The fraction of sp³-hybridized carbons (Fsp3) is 0.857. The molecule has 5 nitrogen and oxygen atoms in total. The zero-order valence-corrected chi connectivity index (χ0v) is 7.56. The number of nitrogens with two attached hydrogens (primary N) is 1. The lowest BCUT2D eigenvalue weighted by Gasteiger charge is -2.04. The van der Waals surface area contributed by atoms with E-state index < -0.39 is 0 Å². The average molecular weight is 169 g/mol. The summed E-state index contributed by atoms with van der Waals surface area (Å²) in [5.41, 5.74) is 5.43.